The Morgan fingerprint density at radius 2 is 1.80 bits per heavy atom. The van der Waals surface area contributed by atoms with E-state index >= 15 is 0 Å². The van der Waals surface area contributed by atoms with Crippen LogP contribution in [0.25, 0.3) is 23.1 Å². The molecule has 1 aromatic heterocycles. The molecular formula is C24H24ClNO4. The molecule has 1 heterocycles. The van der Waals surface area contributed by atoms with Crippen molar-refractivity contribution < 1.29 is 19.0 Å². The lowest BCUT2D eigenvalue weighted by Gasteiger charge is -2.13. The predicted molar refractivity (Wildman–Crippen MR) is 120 cm³/mol. The van der Waals surface area contributed by atoms with Crippen LogP contribution in [0.1, 0.15) is 38.4 Å². The smallest absolute Gasteiger partial charge is 0.310 e. The molecular weight excluding hydrogens is 402 g/mol. The molecule has 0 saturated carbocycles. The first-order valence-corrected chi connectivity index (χ1v) is 10.3. The van der Waals surface area contributed by atoms with Crippen LogP contribution in [0.5, 0.6) is 17.2 Å². The molecule has 30 heavy (non-hydrogen) atoms. The lowest BCUT2D eigenvalue weighted by atomic mass is 10.1. The molecule has 5 nitrogen and oxygen atoms in total. The van der Waals surface area contributed by atoms with Crippen molar-refractivity contribution in [3.05, 3.63) is 58.7 Å². The fourth-order valence-electron chi connectivity index (χ4n) is 2.92. The second kappa shape index (κ2) is 10.1. The normalized spacial score (nSPS) is 11.1. The van der Waals surface area contributed by atoms with Gasteiger partial charge in [0.15, 0.2) is 17.2 Å². The SMILES string of the molecule is CCOc1cc(C=Cc2ccc3cccc(OC(=O)CC)c3n2)cc(Cl)c1OCC. The van der Waals surface area contributed by atoms with Crippen molar-refractivity contribution in [2.75, 3.05) is 13.2 Å². The summed E-state index contributed by atoms with van der Waals surface area (Å²) >= 11 is 6.39. The number of carbonyl (C=O) groups is 1. The van der Waals surface area contributed by atoms with Crippen LogP contribution in [0.15, 0.2) is 42.5 Å². The quantitative estimate of drug-likeness (QED) is 0.319. The van der Waals surface area contributed by atoms with E-state index in [0.717, 1.165) is 16.6 Å². The monoisotopic (exact) mass is 425 g/mol. The van der Waals surface area contributed by atoms with Gasteiger partial charge in [0.1, 0.15) is 5.52 Å². The van der Waals surface area contributed by atoms with E-state index in [1.54, 1.807) is 13.0 Å². The molecule has 0 aliphatic carbocycles. The molecule has 0 aliphatic rings. The first-order chi connectivity index (χ1) is 14.5. The van der Waals surface area contributed by atoms with E-state index in [1.165, 1.54) is 0 Å². The highest BCUT2D eigenvalue weighted by Crippen LogP contribution is 2.37. The summed E-state index contributed by atoms with van der Waals surface area (Å²) in [6.45, 7) is 6.58. The fraction of sp³-hybridized carbons (Fsp3) is 0.250. The van der Waals surface area contributed by atoms with Crippen LogP contribution in [0.2, 0.25) is 5.02 Å². The summed E-state index contributed by atoms with van der Waals surface area (Å²) in [6, 6.07) is 13.1. The van der Waals surface area contributed by atoms with Gasteiger partial charge in [0, 0.05) is 11.8 Å². The van der Waals surface area contributed by atoms with Gasteiger partial charge in [0.25, 0.3) is 0 Å². The van der Waals surface area contributed by atoms with Crippen LogP contribution in [-0.2, 0) is 4.79 Å². The maximum Gasteiger partial charge on any atom is 0.310 e. The number of benzene rings is 2. The largest absolute Gasteiger partial charge is 0.490 e. The zero-order valence-corrected chi connectivity index (χ0v) is 18.0. The highest BCUT2D eigenvalue weighted by Gasteiger charge is 2.12. The molecule has 0 spiro atoms. The van der Waals surface area contributed by atoms with Crippen molar-refractivity contribution in [1.82, 2.24) is 4.98 Å². The number of aromatic nitrogens is 1. The van der Waals surface area contributed by atoms with Crippen molar-refractivity contribution in [1.29, 1.82) is 0 Å². The first kappa shape index (κ1) is 21.7. The van der Waals surface area contributed by atoms with Gasteiger partial charge in [-0.3, -0.25) is 4.79 Å². The Morgan fingerprint density at radius 3 is 2.53 bits per heavy atom. The molecule has 0 atom stereocenters. The summed E-state index contributed by atoms with van der Waals surface area (Å²) in [5.74, 6) is 1.31. The highest BCUT2D eigenvalue weighted by atomic mass is 35.5. The van der Waals surface area contributed by atoms with Gasteiger partial charge in [-0.25, -0.2) is 4.98 Å². The minimum atomic E-state index is -0.294. The van der Waals surface area contributed by atoms with Crippen LogP contribution in [0.4, 0.5) is 0 Å². The molecule has 3 aromatic rings. The van der Waals surface area contributed by atoms with E-state index in [4.69, 9.17) is 25.8 Å². The highest BCUT2D eigenvalue weighted by molar-refractivity contribution is 6.32. The number of esters is 1. The summed E-state index contributed by atoms with van der Waals surface area (Å²) in [4.78, 5) is 16.4. The molecule has 0 amide bonds. The van der Waals surface area contributed by atoms with Gasteiger partial charge < -0.3 is 14.2 Å². The van der Waals surface area contributed by atoms with Crippen LogP contribution in [0.3, 0.4) is 0 Å². The average molecular weight is 426 g/mol. The van der Waals surface area contributed by atoms with Crippen LogP contribution < -0.4 is 14.2 Å². The molecule has 0 unspecified atom stereocenters. The average Bonchev–Trinajstić information content (AvgIpc) is 2.75. The second-order valence-electron chi connectivity index (χ2n) is 6.42. The number of nitrogens with zero attached hydrogens (tertiary/aromatic N) is 1. The first-order valence-electron chi connectivity index (χ1n) is 9.93. The Balaban J connectivity index is 1.93. The molecule has 3 rings (SSSR count). The number of para-hydroxylation sites is 1. The molecule has 0 fully saturated rings. The van der Waals surface area contributed by atoms with Gasteiger partial charge in [-0.15, -0.1) is 0 Å². The Labute approximate surface area is 181 Å². The van der Waals surface area contributed by atoms with Gasteiger partial charge >= 0.3 is 5.97 Å². The fourth-order valence-corrected chi connectivity index (χ4v) is 3.19. The van der Waals surface area contributed by atoms with Gasteiger partial charge in [-0.05, 0) is 49.8 Å². The molecule has 0 bridgehead atoms. The van der Waals surface area contributed by atoms with Crippen molar-refractivity contribution in [3.8, 4) is 17.2 Å². The van der Waals surface area contributed by atoms with Gasteiger partial charge in [-0.1, -0.05) is 42.8 Å². The van der Waals surface area contributed by atoms with Gasteiger partial charge in [0.2, 0.25) is 0 Å². The molecule has 0 aliphatic heterocycles. The number of fused-ring (bicyclic) bond motifs is 1. The number of pyridine rings is 1. The van der Waals surface area contributed by atoms with E-state index < -0.39 is 0 Å². The lowest BCUT2D eigenvalue weighted by molar-refractivity contribution is -0.133. The summed E-state index contributed by atoms with van der Waals surface area (Å²) in [5, 5.41) is 1.39. The van der Waals surface area contributed by atoms with Crippen molar-refractivity contribution in [2.24, 2.45) is 0 Å². The maximum absolute atomic E-state index is 11.7. The molecule has 0 radical (unpaired) electrons. The Kier molecular flexibility index (Phi) is 7.31. The van der Waals surface area contributed by atoms with E-state index in [9.17, 15) is 4.79 Å². The topological polar surface area (TPSA) is 57.7 Å². The Bertz CT molecular complexity index is 1080. The minimum Gasteiger partial charge on any atom is -0.490 e. The van der Waals surface area contributed by atoms with E-state index in [-0.39, 0.29) is 5.97 Å². The minimum absolute atomic E-state index is 0.294. The third kappa shape index (κ3) is 5.10. The van der Waals surface area contributed by atoms with E-state index in [0.29, 0.717) is 47.4 Å². The summed E-state index contributed by atoms with van der Waals surface area (Å²) < 4.78 is 16.7. The number of rotatable bonds is 8. The summed E-state index contributed by atoms with van der Waals surface area (Å²) in [6.07, 6.45) is 4.08. The summed E-state index contributed by atoms with van der Waals surface area (Å²) in [7, 11) is 0. The number of ether oxygens (including phenoxy) is 3. The summed E-state index contributed by atoms with van der Waals surface area (Å²) in [5.41, 5.74) is 2.23. The lowest BCUT2D eigenvalue weighted by Crippen LogP contribution is -2.06. The third-order valence-corrected chi connectivity index (χ3v) is 4.56. The van der Waals surface area contributed by atoms with Gasteiger partial charge in [-0.2, -0.15) is 0 Å². The standard InChI is InChI=1S/C24H24ClNO4/c1-4-22(27)30-20-9-7-8-17-11-13-18(26-23(17)20)12-10-16-14-19(25)24(29-6-3)21(15-16)28-5-2/h7-15H,4-6H2,1-3H3. The van der Waals surface area contributed by atoms with E-state index in [2.05, 4.69) is 4.98 Å². The van der Waals surface area contributed by atoms with Crippen molar-refractivity contribution in [3.63, 3.8) is 0 Å². The predicted octanol–water partition coefficient (Wildman–Crippen LogP) is 6.17. The van der Waals surface area contributed by atoms with Crippen LogP contribution in [-0.4, -0.2) is 24.2 Å². The van der Waals surface area contributed by atoms with Crippen molar-refractivity contribution >= 4 is 40.6 Å². The number of hydrogen-bond donors (Lipinski definition) is 0. The molecule has 0 N–H and O–H groups in total. The number of carbonyl (C=O) groups excluding carboxylic acids is 1. The number of hydrogen-bond acceptors (Lipinski definition) is 5. The van der Waals surface area contributed by atoms with Gasteiger partial charge in [0.05, 0.1) is 23.9 Å². The third-order valence-electron chi connectivity index (χ3n) is 4.28. The van der Waals surface area contributed by atoms with Crippen molar-refractivity contribution in [2.45, 2.75) is 27.2 Å². The molecule has 6 heteroatoms. The Morgan fingerprint density at radius 1 is 1.00 bits per heavy atom. The number of halogens is 1. The van der Waals surface area contributed by atoms with E-state index in [1.807, 2.05) is 62.4 Å². The Hall–Kier alpha value is -3.05. The van der Waals surface area contributed by atoms with Crippen LogP contribution in [0, 0.1) is 0 Å². The molecule has 2 aromatic carbocycles. The second-order valence-corrected chi connectivity index (χ2v) is 6.83. The van der Waals surface area contributed by atoms with Crippen LogP contribution >= 0.6 is 11.6 Å². The molecule has 0 saturated heterocycles. The maximum atomic E-state index is 11.7. The molecule has 156 valence electrons. The zero-order valence-electron chi connectivity index (χ0n) is 17.3. The zero-order chi connectivity index (χ0) is 21.5.